The molecule has 0 saturated carbocycles. The van der Waals surface area contributed by atoms with E-state index in [4.69, 9.17) is 4.74 Å². The molecule has 0 radical (unpaired) electrons. The molecule has 1 aromatic carbocycles. The number of carbonyl (C=O) groups is 1. The first-order valence-corrected chi connectivity index (χ1v) is 9.92. The highest BCUT2D eigenvalue weighted by Crippen LogP contribution is 2.32. The number of ether oxygens (including phenoxy) is 1. The van der Waals surface area contributed by atoms with E-state index in [9.17, 15) is 4.79 Å². The number of nitrogens with zero attached hydrogens (tertiary/aromatic N) is 3. The lowest BCUT2D eigenvalue weighted by atomic mass is 9.96. The Labute approximate surface area is 162 Å². The second-order valence-electron chi connectivity index (χ2n) is 6.78. The molecule has 1 atom stereocenters. The van der Waals surface area contributed by atoms with Gasteiger partial charge in [-0.2, -0.15) is 0 Å². The van der Waals surface area contributed by atoms with E-state index in [0.29, 0.717) is 11.7 Å². The number of pyridine rings is 1. The molecule has 27 heavy (non-hydrogen) atoms. The van der Waals surface area contributed by atoms with Crippen LogP contribution in [0.1, 0.15) is 18.5 Å². The molecule has 140 valence electrons. The van der Waals surface area contributed by atoms with Gasteiger partial charge in [0.05, 0.1) is 24.2 Å². The number of rotatable bonds is 4. The van der Waals surface area contributed by atoms with Crippen LogP contribution >= 0.6 is 11.3 Å². The Balaban J connectivity index is 1.56. The number of hydrogen-bond donors (Lipinski definition) is 1. The molecular weight excluding hydrogens is 360 g/mol. The zero-order valence-electron chi connectivity index (χ0n) is 15.4. The quantitative estimate of drug-likeness (QED) is 0.742. The van der Waals surface area contributed by atoms with Crippen LogP contribution in [-0.4, -0.2) is 36.1 Å². The number of carbonyl (C=O) groups excluding carboxylic acids is 1. The lowest BCUT2D eigenvalue weighted by Crippen LogP contribution is -2.40. The maximum atomic E-state index is 12.7. The molecule has 7 heteroatoms. The highest BCUT2D eigenvalue weighted by atomic mass is 32.1. The number of thiazole rings is 1. The van der Waals surface area contributed by atoms with Crippen LogP contribution in [0.25, 0.3) is 10.9 Å². The summed E-state index contributed by atoms with van der Waals surface area (Å²) < 4.78 is 5.38. The van der Waals surface area contributed by atoms with Crippen LogP contribution in [0.4, 0.5) is 10.8 Å². The number of amides is 1. The Morgan fingerprint density at radius 2 is 2.26 bits per heavy atom. The Hall–Kier alpha value is -2.67. The highest BCUT2D eigenvalue weighted by Gasteiger charge is 2.27. The molecule has 1 N–H and O–H groups in total. The summed E-state index contributed by atoms with van der Waals surface area (Å²) in [6, 6.07) is 7.92. The van der Waals surface area contributed by atoms with E-state index in [1.807, 2.05) is 42.8 Å². The monoisotopic (exact) mass is 382 g/mol. The molecule has 3 aromatic rings. The van der Waals surface area contributed by atoms with Gasteiger partial charge in [0.1, 0.15) is 5.75 Å². The van der Waals surface area contributed by atoms with Crippen molar-refractivity contribution in [2.45, 2.75) is 19.8 Å². The average molecular weight is 382 g/mol. The molecule has 1 saturated heterocycles. The standard InChI is InChI=1S/C20H22N4O2S/c1-13-12-27-20(22-13)23-19(25)14-4-3-9-24(11-14)18-7-8-21-17-6-5-15(26-2)10-16(17)18/h5-8,10,12,14H,3-4,9,11H2,1-2H3,(H,22,23,25). The van der Waals surface area contributed by atoms with Gasteiger partial charge in [-0.1, -0.05) is 0 Å². The maximum Gasteiger partial charge on any atom is 0.231 e. The fourth-order valence-corrected chi connectivity index (χ4v) is 4.23. The second kappa shape index (κ2) is 7.52. The fourth-order valence-electron chi connectivity index (χ4n) is 3.54. The minimum absolute atomic E-state index is 0.0463. The Morgan fingerprint density at radius 3 is 3.04 bits per heavy atom. The van der Waals surface area contributed by atoms with Gasteiger partial charge in [-0.25, -0.2) is 4.98 Å². The Kier molecular flexibility index (Phi) is 4.94. The summed E-state index contributed by atoms with van der Waals surface area (Å²) in [5, 5.41) is 6.64. The van der Waals surface area contributed by atoms with Crippen molar-refractivity contribution < 1.29 is 9.53 Å². The van der Waals surface area contributed by atoms with Crippen LogP contribution in [0, 0.1) is 12.8 Å². The van der Waals surface area contributed by atoms with Crippen molar-refractivity contribution in [3.8, 4) is 5.75 Å². The molecular formula is C20H22N4O2S. The van der Waals surface area contributed by atoms with Crippen LogP contribution in [0.15, 0.2) is 35.8 Å². The first kappa shape index (κ1) is 17.7. The summed E-state index contributed by atoms with van der Waals surface area (Å²) in [6.45, 7) is 3.54. The van der Waals surface area contributed by atoms with Gasteiger partial charge in [0.15, 0.2) is 5.13 Å². The highest BCUT2D eigenvalue weighted by molar-refractivity contribution is 7.13. The van der Waals surface area contributed by atoms with Gasteiger partial charge in [0.25, 0.3) is 0 Å². The largest absolute Gasteiger partial charge is 0.497 e. The van der Waals surface area contributed by atoms with Gasteiger partial charge in [-0.3, -0.25) is 9.78 Å². The number of piperidine rings is 1. The van der Waals surface area contributed by atoms with Crippen LogP contribution in [0.2, 0.25) is 0 Å². The minimum atomic E-state index is -0.0585. The van der Waals surface area contributed by atoms with Crippen LogP contribution in [0.5, 0.6) is 5.75 Å². The number of fused-ring (bicyclic) bond motifs is 1. The lowest BCUT2D eigenvalue weighted by molar-refractivity contribution is -0.120. The van der Waals surface area contributed by atoms with Gasteiger partial charge < -0.3 is 15.0 Å². The van der Waals surface area contributed by atoms with Crippen molar-refractivity contribution in [1.82, 2.24) is 9.97 Å². The van der Waals surface area contributed by atoms with E-state index in [2.05, 4.69) is 20.2 Å². The molecule has 0 bridgehead atoms. The molecule has 0 spiro atoms. The molecule has 1 unspecified atom stereocenters. The maximum absolute atomic E-state index is 12.7. The minimum Gasteiger partial charge on any atom is -0.497 e. The van der Waals surface area contributed by atoms with Crippen molar-refractivity contribution in [3.63, 3.8) is 0 Å². The van der Waals surface area contributed by atoms with E-state index in [0.717, 1.165) is 47.4 Å². The summed E-state index contributed by atoms with van der Waals surface area (Å²) in [7, 11) is 1.67. The molecule has 3 heterocycles. The average Bonchev–Trinajstić information content (AvgIpc) is 3.11. The summed E-state index contributed by atoms with van der Waals surface area (Å²) in [6.07, 6.45) is 3.69. The number of hydrogen-bond acceptors (Lipinski definition) is 6. The molecule has 1 aliphatic rings. The number of aryl methyl sites for hydroxylation is 1. The molecule has 1 aliphatic heterocycles. The zero-order chi connectivity index (χ0) is 18.8. The van der Waals surface area contributed by atoms with E-state index < -0.39 is 0 Å². The van der Waals surface area contributed by atoms with Gasteiger partial charge in [0.2, 0.25) is 5.91 Å². The summed E-state index contributed by atoms with van der Waals surface area (Å²) in [5.41, 5.74) is 2.96. The van der Waals surface area contributed by atoms with E-state index in [1.54, 1.807) is 7.11 Å². The SMILES string of the molecule is COc1ccc2nccc(N3CCCC(C(=O)Nc4nc(C)cs4)C3)c2c1. The van der Waals surface area contributed by atoms with Crippen molar-refractivity contribution in [2.24, 2.45) is 5.92 Å². The second-order valence-corrected chi connectivity index (χ2v) is 7.64. The third kappa shape index (κ3) is 3.73. The third-order valence-electron chi connectivity index (χ3n) is 4.91. The summed E-state index contributed by atoms with van der Waals surface area (Å²) >= 11 is 1.47. The number of benzene rings is 1. The van der Waals surface area contributed by atoms with Gasteiger partial charge in [-0.15, -0.1) is 11.3 Å². The summed E-state index contributed by atoms with van der Waals surface area (Å²) in [5.74, 6) is 0.795. The number of methoxy groups -OCH3 is 1. The zero-order valence-corrected chi connectivity index (χ0v) is 16.3. The molecule has 0 aliphatic carbocycles. The fraction of sp³-hybridized carbons (Fsp3) is 0.350. The number of aromatic nitrogens is 2. The van der Waals surface area contributed by atoms with Gasteiger partial charge in [-0.05, 0) is 44.0 Å². The smallest absolute Gasteiger partial charge is 0.231 e. The molecule has 4 rings (SSSR count). The van der Waals surface area contributed by atoms with Crippen molar-refractivity contribution in [1.29, 1.82) is 0 Å². The van der Waals surface area contributed by atoms with Gasteiger partial charge >= 0.3 is 0 Å². The predicted molar refractivity (Wildman–Crippen MR) is 109 cm³/mol. The summed E-state index contributed by atoms with van der Waals surface area (Å²) in [4.78, 5) is 23.8. The number of nitrogens with one attached hydrogen (secondary N) is 1. The van der Waals surface area contributed by atoms with Crippen molar-refractivity contribution in [2.75, 3.05) is 30.4 Å². The third-order valence-corrected chi connectivity index (χ3v) is 5.78. The van der Waals surface area contributed by atoms with E-state index >= 15 is 0 Å². The molecule has 2 aromatic heterocycles. The molecule has 1 fully saturated rings. The van der Waals surface area contributed by atoms with E-state index in [-0.39, 0.29) is 11.8 Å². The van der Waals surface area contributed by atoms with Gasteiger partial charge in [0, 0.05) is 35.7 Å². The molecule has 6 nitrogen and oxygen atoms in total. The predicted octanol–water partition coefficient (Wildman–Crippen LogP) is 3.86. The van der Waals surface area contributed by atoms with Crippen LogP contribution < -0.4 is 15.0 Å². The van der Waals surface area contributed by atoms with Crippen LogP contribution in [-0.2, 0) is 4.79 Å². The Morgan fingerprint density at radius 1 is 1.37 bits per heavy atom. The lowest BCUT2D eigenvalue weighted by Gasteiger charge is -2.34. The first-order valence-electron chi connectivity index (χ1n) is 9.05. The molecule has 1 amide bonds. The normalized spacial score (nSPS) is 17.1. The van der Waals surface area contributed by atoms with Crippen molar-refractivity contribution in [3.05, 3.63) is 41.5 Å². The number of anilines is 2. The van der Waals surface area contributed by atoms with Crippen LogP contribution in [0.3, 0.4) is 0 Å². The topological polar surface area (TPSA) is 67.3 Å². The van der Waals surface area contributed by atoms with E-state index in [1.165, 1.54) is 11.3 Å². The Bertz CT molecular complexity index is 972. The van der Waals surface area contributed by atoms with Crippen molar-refractivity contribution >= 4 is 39.0 Å². The first-order chi connectivity index (χ1) is 13.1.